The predicted octanol–water partition coefficient (Wildman–Crippen LogP) is 2.10. The lowest BCUT2D eigenvalue weighted by atomic mass is 10.3. The molecule has 6 nitrogen and oxygen atoms in total. The predicted molar refractivity (Wildman–Crippen MR) is 76.9 cm³/mol. The molecular weight excluding hydrogens is 264 g/mol. The van der Waals surface area contributed by atoms with Crippen LogP contribution in [0, 0.1) is 0 Å². The average molecular weight is 286 g/mol. The van der Waals surface area contributed by atoms with Gasteiger partial charge in [-0.2, -0.15) is 0 Å². The van der Waals surface area contributed by atoms with Gasteiger partial charge in [0.1, 0.15) is 0 Å². The Morgan fingerprint density at radius 1 is 1.37 bits per heavy atom. The fourth-order valence-electron chi connectivity index (χ4n) is 1.71. The number of carboxylic acids is 1. The minimum absolute atomic E-state index is 0.0144. The summed E-state index contributed by atoms with van der Waals surface area (Å²) < 4.78 is 2.00. The summed E-state index contributed by atoms with van der Waals surface area (Å²) in [6.07, 6.45) is 3.20. The lowest BCUT2D eigenvalue weighted by molar-refractivity contribution is -0.133. The van der Waals surface area contributed by atoms with Gasteiger partial charge in [-0.3, -0.25) is 9.36 Å². The summed E-state index contributed by atoms with van der Waals surface area (Å²) in [5, 5.41) is 17.7. The fraction of sp³-hybridized carbons (Fsp3) is 0.750. The molecule has 0 atom stereocenters. The lowest BCUT2D eigenvalue weighted by Gasteiger charge is -2.18. The second-order valence-corrected chi connectivity index (χ2v) is 5.33. The fourth-order valence-corrected chi connectivity index (χ4v) is 2.39. The molecular formula is C12H22N4O2S. The van der Waals surface area contributed by atoms with Crippen LogP contribution in [-0.4, -0.2) is 45.2 Å². The van der Waals surface area contributed by atoms with Crippen LogP contribution in [0.4, 0.5) is 5.95 Å². The molecule has 0 aromatic carbocycles. The largest absolute Gasteiger partial charge is 0.481 e. The van der Waals surface area contributed by atoms with E-state index in [1.165, 1.54) is 11.8 Å². The van der Waals surface area contributed by atoms with Gasteiger partial charge in [0.05, 0.1) is 5.75 Å². The molecule has 0 bridgehead atoms. The van der Waals surface area contributed by atoms with Gasteiger partial charge in [-0.05, 0) is 12.8 Å². The number of carbonyl (C=O) groups is 1. The standard InChI is InChI=1S/C12H22N4O2S/c1-4-6-8-15(3)11-13-14-12(16(11)7-5-2)19-9-10(17)18/h4-9H2,1-3H3,(H,17,18). The Hall–Kier alpha value is -1.24. The van der Waals surface area contributed by atoms with E-state index in [0.29, 0.717) is 5.16 Å². The molecule has 7 heteroatoms. The molecule has 0 unspecified atom stereocenters. The number of aliphatic carboxylic acids is 1. The van der Waals surface area contributed by atoms with Crippen molar-refractivity contribution >= 4 is 23.7 Å². The van der Waals surface area contributed by atoms with Gasteiger partial charge < -0.3 is 10.0 Å². The molecule has 1 rings (SSSR count). The normalized spacial score (nSPS) is 10.7. The minimum atomic E-state index is -0.836. The lowest BCUT2D eigenvalue weighted by Crippen LogP contribution is -2.22. The van der Waals surface area contributed by atoms with Crippen molar-refractivity contribution in [1.82, 2.24) is 14.8 Å². The van der Waals surface area contributed by atoms with E-state index in [4.69, 9.17) is 5.11 Å². The van der Waals surface area contributed by atoms with Crippen molar-refractivity contribution in [3.05, 3.63) is 0 Å². The monoisotopic (exact) mass is 286 g/mol. The number of thioether (sulfide) groups is 1. The van der Waals surface area contributed by atoms with Crippen molar-refractivity contribution in [2.24, 2.45) is 0 Å². The van der Waals surface area contributed by atoms with Crippen LogP contribution >= 0.6 is 11.8 Å². The van der Waals surface area contributed by atoms with Gasteiger partial charge in [-0.1, -0.05) is 32.0 Å². The molecule has 0 aliphatic carbocycles. The maximum absolute atomic E-state index is 10.6. The van der Waals surface area contributed by atoms with E-state index in [2.05, 4.69) is 28.9 Å². The van der Waals surface area contributed by atoms with E-state index in [-0.39, 0.29) is 5.75 Å². The number of aromatic nitrogens is 3. The second kappa shape index (κ2) is 8.04. The molecule has 1 N–H and O–H groups in total. The number of unbranched alkanes of at least 4 members (excludes halogenated alkanes) is 1. The number of carboxylic acid groups (broad SMARTS) is 1. The van der Waals surface area contributed by atoms with Crippen LogP contribution in [0.1, 0.15) is 33.1 Å². The molecule has 1 aromatic heterocycles. The topological polar surface area (TPSA) is 71.2 Å². The van der Waals surface area contributed by atoms with Gasteiger partial charge >= 0.3 is 5.97 Å². The van der Waals surface area contributed by atoms with Crippen molar-refractivity contribution in [2.75, 3.05) is 24.2 Å². The molecule has 19 heavy (non-hydrogen) atoms. The molecule has 0 saturated heterocycles. The molecule has 0 amide bonds. The van der Waals surface area contributed by atoms with Crippen LogP contribution in [0.5, 0.6) is 0 Å². The molecule has 1 aromatic rings. The second-order valence-electron chi connectivity index (χ2n) is 4.39. The van der Waals surface area contributed by atoms with Crippen molar-refractivity contribution in [1.29, 1.82) is 0 Å². The van der Waals surface area contributed by atoms with Crippen LogP contribution in [-0.2, 0) is 11.3 Å². The first kappa shape index (κ1) is 15.8. The van der Waals surface area contributed by atoms with Gasteiger partial charge in [0, 0.05) is 20.1 Å². The molecule has 0 fully saturated rings. The Bertz CT molecular complexity index is 408. The number of rotatable bonds is 9. The summed E-state index contributed by atoms with van der Waals surface area (Å²) in [5.74, 6) is 0.000633. The van der Waals surface area contributed by atoms with Gasteiger partial charge in [0.2, 0.25) is 5.95 Å². The van der Waals surface area contributed by atoms with Crippen LogP contribution < -0.4 is 4.90 Å². The van der Waals surface area contributed by atoms with E-state index in [9.17, 15) is 4.79 Å². The summed E-state index contributed by atoms with van der Waals surface area (Å²) >= 11 is 1.22. The zero-order chi connectivity index (χ0) is 14.3. The maximum Gasteiger partial charge on any atom is 0.313 e. The average Bonchev–Trinajstić information content (AvgIpc) is 2.77. The van der Waals surface area contributed by atoms with Gasteiger partial charge in [-0.25, -0.2) is 0 Å². The molecule has 108 valence electrons. The van der Waals surface area contributed by atoms with E-state index < -0.39 is 5.97 Å². The number of nitrogens with zero attached hydrogens (tertiary/aromatic N) is 4. The number of anilines is 1. The first-order valence-corrected chi connectivity index (χ1v) is 7.57. The third-order valence-corrected chi connectivity index (χ3v) is 3.61. The Balaban J connectivity index is 2.82. The van der Waals surface area contributed by atoms with Crippen LogP contribution in [0.2, 0.25) is 0 Å². The zero-order valence-electron chi connectivity index (χ0n) is 11.8. The van der Waals surface area contributed by atoms with E-state index in [1.807, 2.05) is 11.6 Å². The summed E-state index contributed by atoms with van der Waals surface area (Å²) in [7, 11) is 2.00. The quantitative estimate of drug-likeness (QED) is 0.701. The van der Waals surface area contributed by atoms with Crippen molar-refractivity contribution in [2.45, 2.75) is 44.8 Å². The first-order valence-electron chi connectivity index (χ1n) is 6.59. The summed E-state index contributed by atoms with van der Waals surface area (Å²) in [4.78, 5) is 12.7. The zero-order valence-corrected chi connectivity index (χ0v) is 12.6. The third kappa shape index (κ3) is 4.74. The van der Waals surface area contributed by atoms with Gasteiger partial charge in [0.15, 0.2) is 5.16 Å². The highest BCUT2D eigenvalue weighted by molar-refractivity contribution is 7.99. The number of hydrogen-bond acceptors (Lipinski definition) is 5. The first-order chi connectivity index (χ1) is 9.10. The Labute approximate surface area is 118 Å². The minimum Gasteiger partial charge on any atom is -0.481 e. The van der Waals surface area contributed by atoms with E-state index in [1.54, 1.807) is 0 Å². The Morgan fingerprint density at radius 3 is 2.68 bits per heavy atom. The molecule has 0 saturated carbocycles. The Morgan fingerprint density at radius 2 is 2.11 bits per heavy atom. The summed E-state index contributed by atoms with van der Waals surface area (Å²) in [5.41, 5.74) is 0. The van der Waals surface area contributed by atoms with Crippen molar-refractivity contribution in [3.8, 4) is 0 Å². The summed E-state index contributed by atoms with van der Waals surface area (Å²) in [6.45, 7) is 5.98. The van der Waals surface area contributed by atoms with Gasteiger partial charge in [-0.15, -0.1) is 10.2 Å². The highest BCUT2D eigenvalue weighted by Gasteiger charge is 2.16. The van der Waals surface area contributed by atoms with E-state index >= 15 is 0 Å². The van der Waals surface area contributed by atoms with Crippen LogP contribution in [0.25, 0.3) is 0 Å². The SMILES string of the molecule is CCCCN(C)c1nnc(SCC(=O)O)n1CCC. The van der Waals surface area contributed by atoms with Crippen molar-refractivity contribution in [3.63, 3.8) is 0 Å². The van der Waals surface area contributed by atoms with Crippen LogP contribution in [0.15, 0.2) is 5.16 Å². The maximum atomic E-state index is 10.6. The highest BCUT2D eigenvalue weighted by atomic mass is 32.2. The smallest absolute Gasteiger partial charge is 0.313 e. The molecule has 0 radical (unpaired) electrons. The van der Waals surface area contributed by atoms with Crippen molar-refractivity contribution < 1.29 is 9.90 Å². The third-order valence-electron chi connectivity index (χ3n) is 2.66. The summed E-state index contributed by atoms with van der Waals surface area (Å²) in [6, 6.07) is 0. The number of hydrogen-bond donors (Lipinski definition) is 1. The molecule has 0 aliphatic rings. The highest BCUT2D eigenvalue weighted by Crippen LogP contribution is 2.22. The molecule has 0 spiro atoms. The Kier molecular flexibility index (Phi) is 6.69. The van der Waals surface area contributed by atoms with E-state index in [0.717, 1.165) is 38.3 Å². The molecule has 1 heterocycles. The van der Waals surface area contributed by atoms with Gasteiger partial charge in [0.25, 0.3) is 0 Å². The molecule has 0 aliphatic heterocycles. The van der Waals surface area contributed by atoms with Crippen LogP contribution in [0.3, 0.4) is 0 Å².